The number of halogens is 7. The van der Waals surface area contributed by atoms with Crippen LogP contribution >= 0.6 is 0 Å². The second-order valence-electron chi connectivity index (χ2n) is 6.70. The Bertz CT molecular complexity index is 506. The van der Waals surface area contributed by atoms with Crippen LogP contribution in [0.15, 0.2) is 12.3 Å². The van der Waals surface area contributed by atoms with Crippen LogP contribution < -0.4 is 5.32 Å². The largest absolute Gasteiger partial charge is 0.525 e. The summed E-state index contributed by atoms with van der Waals surface area (Å²) >= 11 is 0. The number of amides is 1. The van der Waals surface area contributed by atoms with E-state index in [1.165, 1.54) is 0 Å². The lowest BCUT2D eigenvalue weighted by molar-refractivity contribution is -0.432. The van der Waals surface area contributed by atoms with Crippen LogP contribution in [0.1, 0.15) is 25.7 Å². The van der Waals surface area contributed by atoms with Crippen molar-refractivity contribution in [2.75, 3.05) is 0 Å². The molecule has 146 valence electrons. The molecule has 1 aliphatic carbocycles. The zero-order chi connectivity index (χ0) is 19.7. The summed E-state index contributed by atoms with van der Waals surface area (Å²) < 4.78 is 90.8. The first-order chi connectivity index (χ1) is 11.1. The van der Waals surface area contributed by atoms with Crippen molar-refractivity contribution in [3.8, 4) is 0 Å². The molecular weight excluding hydrogens is 375 g/mol. The molecular formula is C14H20F7NO2Si. The van der Waals surface area contributed by atoms with Gasteiger partial charge in [0.05, 0.1) is 8.07 Å². The molecule has 1 rings (SSSR count). The molecule has 0 heterocycles. The smallest absolute Gasteiger partial charge is 0.348 e. The molecule has 0 aromatic heterocycles. The third kappa shape index (κ3) is 5.43. The maximum Gasteiger partial charge on any atom is 0.525 e. The first-order valence-corrected chi connectivity index (χ1v) is 10.7. The number of alkyl halides is 7. The van der Waals surface area contributed by atoms with Gasteiger partial charge in [-0.1, -0.05) is 25.9 Å². The predicted molar refractivity (Wildman–Crippen MR) is 78.9 cm³/mol. The van der Waals surface area contributed by atoms with Gasteiger partial charge in [-0.3, -0.25) is 4.79 Å². The molecule has 0 aromatic carbocycles. The van der Waals surface area contributed by atoms with Crippen LogP contribution in [0, 0.1) is 0 Å². The molecule has 25 heavy (non-hydrogen) atoms. The lowest BCUT2D eigenvalue weighted by Crippen LogP contribution is -2.59. The average Bonchev–Trinajstić information content (AvgIpc) is 2.44. The maximum atomic E-state index is 13.9. The van der Waals surface area contributed by atoms with Gasteiger partial charge in [-0.15, -0.1) is 25.4 Å². The van der Waals surface area contributed by atoms with Crippen LogP contribution in [0.5, 0.6) is 0 Å². The molecule has 3 unspecified atom stereocenters. The first kappa shape index (κ1) is 21.9. The molecule has 0 saturated heterocycles. The number of rotatable bonds is 5. The normalized spacial score (nSPS) is 25.2. The fourth-order valence-corrected chi connectivity index (χ4v) is 5.01. The Balaban J connectivity index is 2.92. The monoisotopic (exact) mass is 395 g/mol. The number of carbonyl (C=O) groups excluding carboxylic acids is 1. The van der Waals surface area contributed by atoms with Crippen LogP contribution in [0.3, 0.4) is 0 Å². The topological polar surface area (TPSA) is 38.3 Å². The molecule has 0 spiro atoms. The lowest BCUT2D eigenvalue weighted by Gasteiger charge is -2.38. The highest BCUT2D eigenvalue weighted by atomic mass is 28.3. The van der Waals surface area contributed by atoms with Crippen LogP contribution in [-0.2, 0) is 9.53 Å². The Morgan fingerprint density at radius 2 is 1.72 bits per heavy atom. The van der Waals surface area contributed by atoms with E-state index in [2.05, 4.69) is 11.3 Å². The van der Waals surface area contributed by atoms with Crippen LogP contribution in [0.4, 0.5) is 30.7 Å². The Labute approximate surface area is 141 Å². The summed E-state index contributed by atoms with van der Waals surface area (Å²) in [6.45, 7) is 7.69. The van der Waals surface area contributed by atoms with Crippen molar-refractivity contribution in [1.82, 2.24) is 5.32 Å². The van der Waals surface area contributed by atoms with E-state index in [4.69, 9.17) is 0 Å². The molecule has 3 atom stereocenters. The van der Waals surface area contributed by atoms with Crippen molar-refractivity contribution in [1.29, 1.82) is 0 Å². The van der Waals surface area contributed by atoms with Crippen LogP contribution in [0.25, 0.3) is 0 Å². The second kappa shape index (κ2) is 7.26. The van der Waals surface area contributed by atoms with Crippen molar-refractivity contribution in [3.63, 3.8) is 0 Å². The molecule has 0 radical (unpaired) electrons. The summed E-state index contributed by atoms with van der Waals surface area (Å²) in [7, 11) is -1.90. The van der Waals surface area contributed by atoms with E-state index < -0.39 is 38.4 Å². The highest BCUT2D eigenvalue weighted by Crippen LogP contribution is 2.41. The maximum absolute atomic E-state index is 13.9. The minimum atomic E-state index is -6.17. The third-order valence-corrected chi connectivity index (χ3v) is 8.18. The van der Waals surface area contributed by atoms with Crippen LogP contribution in [0.2, 0.25) is 18.6 Å². The van der Waals surface area contributed by atoms with E-state index in [1.807, 2.05) is 13.1 Å². The number of hydrogen-bond donors (Lipinski definition) is 1. The number of ether oxygens (including phenoxy) is 1. The molecule has 0 bridgehead atoms. The zero-order valence-corrected chi connectivity index (χ0v) is 14.7. The van der Waals surface area contributed by atoms with E-state index in [0.717, 1.165) is 6.42 Å². The van der Waals surface area contributed by atoms with Crippen molar-refractivity contribution < 1.29 is 40.3 Å². The molecule has 0 aromatic rings. The number of hydrogen-bond acceptors (Lipinski definition) is 2. The summed E-state index contributed by atoms with van der Waals surface area (Å²) in [5, 5.41) is 1.74. The van der Waals surface area contributed by atoms with Gasteiger partial charge in [0.25, 0.3) is 5.91 Å². The van der Waals surface area contributed by atoms with E-state index >= 15 is 0 Å². The third-order valence-electron chi connectivity index (χ3n) is 4.50. The Morgan fingerprint density at radius 3 is 2.16 bits per heavy atom. The summed E-state index contributed by atoms with van der Waals surface area (Å²) in [6.07, 6.45) is -10.3. The summed E-state index contributed by atoms with van der Waals surface area (Å²) in [5.74, 6) is -7.97. The van der Waals surface area contributed by atoms with Crippen molar-refractivity contribution in [2.45, 2.75) is 68.8 Å². The van der Waals surface area contributed by atoms with E-state index in [0.29, 0.717) is 6.42 Å². The quantitative estimate of drug-likeness (QED) is 0.545. The van der Waals surface area contributed by atoms with Crippen molar-refractivity contribution in [3.05, 3.63) is 12.3 Å². The van der Waals surface area contributed by atoms with Gasteiger partial charge in [-0.05, 0) is 18.4 Å². The molecule has 1 saturated carbocycles. The molecule has 1 amide bonds. The van der Waals surface area contributed by atoms with Gasteiger partial charge in [0.1, 0.15) is 0 Å². The van der Waals surface area contributed by atoms with Crippen molar-refractivity contribution >= 4 is 14.0 Å². The number of nitrogens with one attached hydrogen (secondary N) is 1. The van der Waals surface area contributed by atoms with Crippen LogP contribution in [-0.4, -0.2) is 38.4 Å². The Morgan fingerprint density at radius 1 is 1.16 bits per heavy atom. The fraction of sp³-hybridized carbons (Fsp3) is 0.786. The van der Waals surface area contributed by atoms with Gasteiger partial charge < -0.3 is 5.32 Å². The SMILES string of the molecule is C=C[Si](C)(C)C1CCCC(NC(=O)C(F)(OC(F)(F)F)C(F)(F)F)C1. The highest BCUT2D eigenvalue weighted by molar-refractivity contribution is 6.83. The minimum Gasteiger partial charge on any atom is -0.348 e. The van der Waals surface area contributed by atoms with E-state index in [1.54, 1.807) is 11.0 Å². The second-order valence-corrected chi connectivity index (χ2v) is 11.6. The highest BCUT2D eigenvalue weighted by Gasteiger charge is 2.68. The van der Waals surface area contributed by atoms with E-state index in [9.17, 15) is 35.5 Å². The summed E-state index contributed by atoms with van der Waals surface area (Å²) in [5.41, 5.74) is 1.87. The minimum absolute atomic E-state index is 0.0764. The molecule has 11 heteroatoms. The van der Waals surface area contributed by atoms with Gasteiger partial charge in [0, 0.05) is 6.04 Å². The molecule has 1 N–H and O–H groups in total. The zero-order valence-electron chi connectivity index (χ0n) is 13.7. The first-order valence-electron chi connectivity index (χ1n) is 7.59. The van der Waals surface area contributed by atoms with Crippen molar-refractivity contribution in [2.24, 2.45) is 0 Å². The number of carbonyl (C=O) groups is 1. The van der Waals surface area contributed by atoms with Gasteiger partial charge in [-0.25, -0.2) is 4.74 Å². The summed E-state index contributed by atoms with van der Waals surface area (Å²) in [4.78, 5) is 11.6. The lowest BCUT2D eigenvalue weighted by atomic mass is 9.94. The molecule has 3 nitrogen and oxygen atoms in total. The molecule has 1 aliphatic rings. The Hall–Kier alpha value is -1.10. The Kier molecular flexibility index (Phi) is 6.37. The predicted octanol–water partition coefficient (Wildman–Crippen LogP) is 4.61. The average molecular weight is 395 g/mol. The van der Waals surface area contributed by atoms with Gasteiger partial charge in [-0.2, -0.15) is 17.6 Å². The van der Waals surface area contributed by atoms with Gasteiger partial charge in [0.15, 0.2) is 0 Å². The molecule has 1 fully saturated rings. The molecule has 0 aliphatic heterocycles. The summed E-state index contributed by atoms with van der Waals surface area (Å²) in [6, 6.07) is -0.854. The van der Waals surface area contributed by atoms with E-state index in [-0.39, 0.29) is 18.4 Å². The van der Waals surface area contributed by atoms with Gasteiger partial charge >= 0.3 is 18.4 Å². The van der Waals surface area contributed by atoms with Gasteiger partial charge in [0.2, 0.25) is 0 Å². The fourth-order valence-electron chi connectivity index (χ4n) is 2.83. The standard InChI is InChI=1S/C14H20F7NO2Si/c1-4-25(2,3)10-7-5-6-9(8-10)22-11(23)12(15,13(16,17)18)24-14(19,20)21/h4,9-10H,1,5-8H2,2-3H3,(H,22,23).